The summed E-state index contributed by atoms with van der Waals surface area (Å²) in [6.07, 6.45) is 3.50. The molecule has 0 aliphatic heterocycles. The molecule has 0 aliphatic carbocycles. The molecule has 0 bridgehead atoms. The summed E-state index contributed by atoms with van der Waals surface area (Å²) < 4.78 is 18.9. The summed E-state index contributed by atoms with van der Waals surface area (Å²) in [6.45, 7) is 4.35. The van der Waals surface area contributed by atoms with E-state index in [0.29, 0.717) is 6.61 Å². The minimum atomic E-state index is -0.216. The highest BCUT2D eigenvalue weighted by Gasteiger charge is 2.12. The molecule has 0 heterocycles. The van der Waals surface area contributed by atoms with Crippen LogP contribution in [0.3, 0.4) is 0 Å². The molecule has 0 saturated heterocycles. The van der Waals surface area contributed by atoms with Gasteiger partial charge in [0.25, 0.3) is 0 Å². The molecule has 3 heteroatoms. The van der Waals surface area contributed by atoms with Gasteiger partial charge in [-0.15, -0.1) is 6.58 Å². The van der Waals surface area contributed by atoms with Gasteiger partial charge in [-0.1, -0.05) is 48.2 Å². The summed E-state index contributed by atoms with van der Waals surface area (Å²) in [5.41, 5.74) is 1.24. The van der Waals surface area contributed by atoms with Gasteiger partial charge in [-0.25, -0.2) is 4.39 Å². The van der Waals surface area contributed by atoms with Crippen LogP contribution in [0, 0.1) is 5.82 Å². The molecule has 0 aliphatic rings. The maximum atomic E-state index is 13.0. The van der Waals surface area contributed by atoms with Gasteiger partial charge < -0.3 is 4.74 Å². The summed E-state index contributed by atoms with van der Waals surface area (Å²) >= 11 is 1.62. The van der Waals surface area contributed by atoms with Crippen LogP contribution in [0.2, 0.25) is 0 Å². The molecule has 0 N–H and O–H groups in total. The summed E-state index contributed by atoms with van der Waals surface area (Å²) in [5.74, 6) is -0.216. The summed E-state index contributed by atoms with van der Waals surface area (Å²) in [7, 11) is 0. The molecule has 0 spiro atoms. The normalized spacial score (nSPS) is 12.0. The lowest BCUT2D eigenvalue weighted by Gasteiger charge is -2.17. The first-order chi connectivity index (χ1) is 10.3. The van der Waals surface area contributed by atoms with Gasteiger partial charge in [0.2, 0.25) is 0 Å². The standard InChI is InChI=1S/C18H19FOS/c1-2-3-13-20-18(14-15-7-5-4-6-8-15)21-17-11-9-16(19)10-12-17/h2,4-12,18H,1,3,13-14H2. The van der Waals surface area contributed by atoms with Gasteiger partial charge in [0, 0.05) is 11.3 Å². The SMILES string of the molecule is C=CCCOC(Cc1ccccc1)Sc1ccc(F)cc1. The Morgan fingerprint density at radius 1 is 1.10 bits per heavy atom. The summed E-state index contributed by atoms with van der Waals surface area (Å²) in [5, 5.41) is 0. The summed E-state index contributed by atoms with van der Waals surface area (Å²) in [6, 6.07) is 16.8. The molecular formula is C18H19FOS. The number of benzene rings is 2. The molecule has 21 heavy (non-hydrogen) atoms. The molecule has 0 amide bonds. The van der Waals surface area contributed by atoms with Crippen molar-refractivity contribution in [2.75, 3.05) is 6.61 Å². The van der Waals surface area contributed by atoms with Crippen molar-refractivity contribution in [1.82, 2.24) is 0 Å². The number of hydrogen-bond donors (Lipinski definition) is 0. The first-order valence-electron chi connectivity index (χ1n) is 6.96. The molecule has 0 radical (unpaired) electrons. The quantitative estimate of drug-likeness (QED) is 0.291. The van der Waals surface area contributed by atoms with Gasteiger partial charge in [-0.3, -0.25) is 0 Å². The van der Waals surface area contributed by atoms with Gasteiger partial charge in [0.05, 0.1) is 6.61 Å². The Labute approximate surface area is 129 Å². The van der Waals surface area contributed by atoms with Gasteiger partial charge in [0.1, 0.15) is 11.3 Å². The van der Waals surface area contributed by atoms with E-state index in [1.807, 2.05) is 24.3 Å². The minimum absolute atomic E-state index is 0.0119. The Bertz CT molecular complexity index is 539. The predicted octanol–water partition coefficient (Wildman–Crippen LogP) is 5.08. The van der Waals surface area contributed by atoms with Crippen LogP contribution >= 0.6 is 11.8 Å². The lowest BCUT2D eigenvalue weighted by atomic mass is 10.2. The number of thioether (sulfide) groups is 1. The third kappa shape index (κ3) is 5.74. The van der Waals surface area contributed by atoms with Gasteiger partial charge in [-0.2, -0.15) is 0 Å². The van der Waals surface area contributed by atoms with Crippen molar-refractivity contribution in [1.29, 1.82) is 0 Å². The van der Waals surface area contributed by atoms with Crippen molar-refractivity contribution in [3.05, 3.63) is 78.6 Å². The molecule has 0 fully saturated rings. The van der Waals surface area contributed by atoms with Crippen LogP contribution in [0.25, 0.3) is 0 Å². The van der Waals surface area contributed by atoms with Crippen LogP contribution in [-0.2, 0) is 11.2 Å². The molecular weight excluding hydrogens is 283 g/mol. The van der Waals surface area contributed by atoms with Crippen molar-refractivity contribution in [3.63, 3.8) is 0 Å². The average Bonchev–Trinajstić information content (AvgIpc) is 2.51. The Hall–Kier alpha value is -1.58. The maximum absolute atomic E-state index is 13.0. The van der Waals surface area contributed by atoms with E-state index in [1.165, 1.54) is 17.7 Å². The number of rotatable bonds is 8. The lowest BCUT2D eigenvalue weighted by Crippen LogP contribution is -2.12. The van der Waals surface area contributed by atoms with Crippen molar-refractivity contribution >= 4 is 11.8 Å². The lowest BCUT2D eigenvalue weighted by molar-refractivity contribution is 0.117. The number of hydrogen-bond acceptors (Lipinski definition) is 2. The highest BCUT2D eigenvalue weighted by molar-refractivity contribution is 7.99. The fourth-order valence-corrected chi connectivity index (χ4v) is 2.93. The van der Waals surface area contributed by atoms with Crippen molar-refractivity contribution in [2.24, 2.45) is 0 Å². The van der Waals surface area contributed by atoms with E-state index in [9.17, 15) is 4.39 Å². The molecule has 110 valence electrons. The van der Waals surface area contributed by atoms with Crippen LogP contribution < -0.4 is 0 Å². The van der Waals surface area contributed by atoms with E-state index < -0.39 is 0 Å². The Morgan fingerprint density at radius 3 is 2.48 bits per heavy atom. The number of ether oxygens (including phenoxy) is 1. The van der Waals surface area contributed by atoms with Crippen LogP contribution in [0.15, 0.2) is 72.1 Å². The van der Waals surface area contributed by atoms with Crippen molar-refractivity contribution in [2.45, 2.75) is 23.2 Å². The Morgan fingerprint density at radius 2 is 1.81 bits per heavy atom. The second-order valence-electron chi connectivity index (χ2n) is 4.64. The average molecular weight is 302 g/mol. The Balaban J connectivity index is 2.00. The third-order valence-electron chi connectivity index (χ3n) is 2.95. The zero-order valence-electron chi connectivity index (χ0n) is 11.9. The van der Waals surface area contributed by atoms with Crippen molar-refractivity contribution < 1.29 is 9.13 Å². The molecule has 0 aromatic heterocycles. The zero-order chi connectivity index (χ0) is 14.9. The topological polar surface area (TPSA) is 9.23 Å². The highest BCUT2D eigenvalue weighted by Crippen LogP contribution is 2.27. The first kappa shape index (κ1) is 15.8. The van der Waals surface area contributed by atoms with E-state index in [4.69, 9.17) is 4.74 Å². The largest absolute Gasteiger partial charge is 0.367 e. The Kier molecular flexibility index (Phi) is 6.51. The van der Waals surface area contributed by atoms with Gasteiger partial charge in [-0.05, 0) is 36.2 Å². The predicted molar refractivity (Wildman–Crippen MR) is 87.0 cm³/mol. The van der Waals surface area contributed by atoms with E-state index >= 15 is 0 Å². The van der Waals surface area contributed by atoms with Crippen LogP contribution in [0.5, 0.6) is 0 Å². The molecule has 1 nitrogen and oxygen atoms in total. The monoisotopic (exact) mass is 302 g/mol. The fraction of sp³-hybridized carbons (Fsp3) is 0.222. The fourth-order valence-electron chi connectivity index (χ4n) is 1.89. The van der Waals surface area contributed by atoms with Gasteiger partial charge in [0.15, 0.2) is 0 Å². The smallest absolute Gasteiger partial charge is 0.123 e. The second-order valence-corrected chi connectivity index (χ2v) is 5.87. The zero-order valence-corrected chi connectivity index (χ0v) is 12.7. The molecule has 1 unspecified atom stereocenters. The third-order valence-corrected chi connectivity index (χ3v) is 4.06. The first-order valence-corrected chi connectivity index (χ1v) is 7.84. The highest BCUT2D eigenvalue weighted by atomic mass is 32.2. The van der Waals surface area contributed by atoms with E-state index in [1.54, 1.807) is 23.9 Å². The van der Waals surface area contributed by atoms with Crippen LogP contribution in [0.4, 0.5) is 4.39 Å². The molecule has 2 aromatic carbocycles. The minimum Gasteiger partial charge on any atom is -0.367 e. The van der Waals surface area contributed by atoms with E-state index in [-0.39, 0.29) is 11.3 Å². The molecule has 0 saturated carbocycles. The van der Waals surface area contributed by atoms with E-state index in [2.05, 4.69) is 18.7 Å². The maximum Gasteiger partial charge on any atom is 0.123 e. The van der Waals surface area contributed by atoms with Crippen LogP contribution in [-0.4, -0.2) is 12.0 Å². The second kappa shape index (κ2) is 8.65. The summed E-state index contributed by atoms with van der Waals surface area (Å²) in [4.78, 5) is 1.01. The van der Waals surface area contributed by atoms with Crippen molar-refractivity contribution in [3.8, 4) is 0 Å². The van der Waals surface area contributed by atoms with Gasteiger partial charge >= 0.3 is 0 Å². The molecule has 1 atom stereocenters. The molecule has 2 rings (SSSR count). The number of halogens is 1. The van der Waals surface area contributed by atoms with Crippen LogP contribution in [0.1, 0.15) is 12.0 Å². The molecule has 2 aromatic rings. The van der Waals surface area contributed by atoms with E-state index in [0.717, 1.165) is 17.7 Å².